The Morgan fingerprint density at radius 1 is 1.17 bits per heavy atom. The molecular formula is C18H20N7O3S-. The number of pyridine rings is 1. The Hall–Kier alpha value is -3.28. The first kappa shape index (κ1) is 20.5. The molecule has 0 spiro atoms. The highest BCUT2D eigenvalue weighted by molar-refractivity contribution is 7.68. The van der Waals surface area contributed by atoms with Crippen molar-refractivity contribution in [3.63, 3.8) is 0 Å². The van der Waals surface area contributed by atoms with Gasteiger partial charge in [-0.05, 0) is 43.3 Å². The number of hydrazine groups is 1. The predicted octanol–water partition coefficient (Wildman–Crippen LogP) is 3.02. The third-order valence-electron chi connectivity index (χ3n) is 3.72. The Kier molecular flexibility index (Phi) is 6.89. The van der Waals surface area contributed by atoms with Crippen LogP contribution >= 0.6 is 0 Å². The fraction of sp³-hybridized carbons (Fsp3) is 0.167. The van der Waals surface area contributed by atoms with Gasteiger partial charge in [-0.25, -0.2) is 4.98 Å². The molecule has 152 valence electrons. The fourth-order valence-corrected chi connectivity index (χ4v) is 2.64. The second-order valence-electron chi connectivity index (χ2n) is 6.05. The molecule has 2 heterocycles. The molecule has 11 heteroatoms. The topological polar surface area (TPSA) is 145 Å². The second-order valence-corrected chi connectivity index (χ2v) is 6.69. The van der Waals surface area contributed by atoms with Crippen LogP contribution in [0.15, 0.2) is 59.2 Å². The van der Waals surface area contributed by atoms with Gasteiger partial charge in [0, 0.05) is 35.8 Å². The van der Waals surface area contributed by atoms with E-state index in [-0.39, 0.29) is 12.6 Å². The smallest absolute Gasteiger partial charge is 0.225 e. The summed E-state index contributed by atoms with van der Waals surface area (Å²) in [5, 5.41) is 12.3. The predicted molar refractivity (Wildman–Crippen MR) is 112 cm³/mol. The summed E-state index contributed by atoms with van der Waals surface area (Å²) in [5.41, 5.74) is 8.57. The van der Waals surface area contributed by atoms with Gasteiger partial charge in [0.15, 0.2) is 5.82 Å². The minimum atomic E-state index is -2.24. The van der Waals surface area contributed by atoms with Crippen LogP contribution in [0.5, 0.6) is 0 Å². The Balaban J connectivity index is 1.81. The summed E-state index contributed by atoms with van der Waals surface area (Å²) >= 11 is 0. The molecule has 0 bridgehead atoms. The van der Waals surface area contributed by atoms with Crippen molar-refractivity contribution < 1.29 is 13.9 Å². The lowest BCUT2D eigenvalue weighted by Gasteiger charge is -2.15. The SMILES string of the molecule is C[C@@H](CO)Nc1nc(NNc2ccc(N=[S-](=O)O)cc2)cc(-c2cccnc2)n1. The van der Waals surface area contributed by atoms with E-state index in [1.54, 1.807) is 42.7 Å². The quantitative estimate of drug-likeness (QED) is 0.213. The van der Waals surface area contributed by atoms with E-state index in [9.17, 15) is 9.32 Å². The van der Waals surface area contributed by atoms with Gasteiger partial charge in [0.25, 0.3) is 0 Å². The second kappa shape index (κ2) is 9.78. The molecule has 0 aliphatic heterocycles. The normalized spacial score (nSPS) is 12.9. The minimum absolute atomic E-state index is 0.0580. The average molecular weight is 414 g/mol. The van der Waals surface area contributed by atoms with Gasteiger partial charge in [-0.15, -0.1) is 0 Å². The molecule has 2 aromatic heterocycles. The molecule has 0 amide bonds. The van der Waals surface area contributed by atoms with E-state index < -0.39 is 10.9 Å². The molecule has 10 nitrogen and oxygen atoms in total. The molecule has 0 fully saturated rings. The monoisotopic (exact) mass is 414 g/mol. The van der Waals surface area contributed by atoms with Gasteiger partial charge in [0.05, 0.1) is 18.0 Å². The van der Waals surface area contributed by atoms with E-state index in [4.69, 9.17) is 4.55 Å². The fourth-order valence-electron chi connectivity index (χ4n) is 2.34. The molecular weight excluding hydrogens is 394 g/mol. The summed E-state index contributed by atoms with van der Waals surface area (Å²) in [6.45, 7) is 1.76. The lowest BCUT2D eigenvalue weighted by Crippen LogP contribution is -2.21. The molecule has 0 radical (unpaired) electrons. The number of anilines is 3. The maximum absolute atomic E-state index is 10.7. The first-order valence-corrected chi connectivity index (χ1v) is 9.71. The van der Waals surface area contributed by atoms with Crippen molar-refractivity contribution in [1.29, 1.82) is 0 Å². The van der Waals surface area contributed by atoms with Gasteiger partial charge in [-0.3, -0.25) is 15.8 Å². The number of nitrogens with zero attached hydrogens (tertiary/aromatic N) is 4. The van der Waals surface area contributed by atoms with Crippen LogP contribution in [0.25, 0.3) is 11.3 Å². The molecule has 3 rings (SSSR count). The number of rotatable bonds is 8. The van der Waals surface area contributed by atoms with Crippen molar-refractivity contribution in [3.8, 4) is 11.3 Å². The van der Waals surface area contributed by atoms with Crippen LogP contribution in [0.4, 0.5) is 23.1 Å². The summed E-state index contributed by atoms with van der Waals surface area (Å²) in [5.74, 6) is 0.855. The van der Waals surface area contributed by atoms with E-state index in [1.165, 1.54) is 0 Å². The van der Waals surface area contributed by atoms with Gasteiger partial charge < -0.3 is 23.5 Å². The van der Waals surface area contributed by atoms with Gasteiger partial charge in [0.2, 0.25) is 5.95 Å². The lowest BCUT2D eigenvalue weighted by atomic mass is 10.2. The third kappa shape index (κ3) is 6.10. The molecule has 0 aliphatic carbocycles. The minimum Gasteiger partial charge on any atom is -0.454 e. The molecule has 5 N–H and O–H groups in total. The molecule has 1 atom stereocenters. The van der Waals surface area contributed by atoms with Crippen LogP contribution in [-0.2, 0) is 15.1 Å². The summed E-state index contributed by atoms with van der Waals surface area (Å²) < 4.78 is 23.0. The van der Waals surface area contributed by atoms with E-state index in [0.29, 0.717) is 28.8 Å². The van der Waals surface area contributed by atoms with Crippen molar-refractivity contribution in [2.24, 2.45) is 4.36 Å². The molecule has 0 unspecified atom stereocenters. The van der Waals surface area contributed by atoms with Gasteiger partial charge in [-0.2, -0.15) is 4.98 Å². The Labute approximate surface area is 169 Å². The summed E-state index contributed by atoms with van der Waals surface area (Å²) in [7, 11) is -2.24. The summed E-state index contributed by atoms with van der Waals surface area (Å²) in [4.78, 5) is 13.0. The van der Waals surface area contributed by atoms with Crippen LogP contribution in [0, 0.1) is 0 Å². The average Bonchev–Trinajstić information content (AvgIpc) is 2.73. The standard InChI is InChI=1S/C18H20N7O3S/c1-12(11-26)20-18-21-16(13-3-2-8-19-10-13)9-17(22-18)24-23-14-4-6-15(7-5-14)25-29(27)28/h2-10,12,23,26H,11H2,1H3,(H,25,27,28)(H2,20,21,22,24)/q-1/t12-/m0/s1. The molecule has 0 saturated heterocycles. The zero-order valence-corrected chi connectivity index (χ0v) is 16.3. The van der Waals surface area contributed by atoms with Crippen LogP contribution in [0.1, 0.15) is 6.92 Å². The van der Waals surface area contributed by atoms with Crippen LogP contribution in [0.2, 0.25) is 0 Å². The summed E-state index contributed by atoms with van der Waals surface area (Å²) in [6.07, 6.45) is 3.38. The Bertz CT molecular complexity index is 1030. The van der Waals surface area contributed by atoms with E-state index in [1.807, 2.05) is 19.1 Å². The van der Waals surface area contributed by atoms with E-state index in [2.05, 4.69) is 35.5 Å². The molecule has 3 aromatic rings. The van der Waals surface area contributed by atoms with Crippen LogP contribution in [-0.4, -0.2) is 37.3 Å². The maximum Gasteiger partial charge on any atom is 0.225 e. The van der Waals surface area contributed by atoms with Crippen molar-refractivity contribution in [3.05, 3.63) is 54.9 Å². The van der Waals surface area contributed by atoms with E-state index >= 15 is 0 Å². The zero-order valence-electron chi connectivity index (χ0n) is 15.5. The number of hydrogen-bond donors (Lipinski definition) is 5. The molecule has 1 aromatic carbocycles. The highest BCUT2D eigenvalue weighted by Crippen LogP contribution is 2.22. The number of benzene rings is 1. The van der Waals surface area contributed by atoms with Gasteiger partial charge in [-0.1, -0.05) is 10.9 Å². The molecule has 0 aliphatic rings. The zero-order chi connectivity index (χ0) is 20.6. The van der Waals surface area contributed by atoms with Crippen molar-refractivity contribution in [2.45, 2.75) is 13.0 Å². The number of aliphatic hydroxyl groups excluding tert-OH is 1. The van der Waals surface area contributed by atoms with Crippen molar-refractivity contribution in [1.82, 2.24) is 15.0 Å². The Morgan fingerprint density at radius 2 is 1.97 bits per heavy atom. The summed E-state index contributed by atoms with van der Waals surface area (Å²) in [6, 6.07) is 11.9. The first-order valence-electron chi connectivity index (χ1n) is 8.65. The van der Waals surface area contributed by atoms with Crippen LogP contribution < -0.4 is 16.2 Å². The van der Waals surface area contributed by atoms with E-state index in [0.717, 1.165) is 5.56 Å². The lowest BCUT2D eigenvalue weighted by molar-refractivity contribution is 0.281. The highest BCUT2D eigenvalue weighted by atomic mass is 32.2. The first-order chi connectivity index (χ1) is 14.0. The van der Waals surface area contributed by atoms with Crippen molar-refractivity contribution in [2.75, 3.05) is 22.8 Å². The van der Waals surface area contributed by atoms with Gasteiger partial charge in [0.1, 0.15) is 0 Å². The molecule has 29 heavy (non-hydrogen) atoms. The largest absolute Gasteiger partial charge is 0.454 e. The number of aliphatic hydroxyl groups is 1. The van der Waals surface area contributed by atoms with Crippen molar-refractivity contribution >= 4 is 34.0 Å². The number of hydrogen-bond acceptors (Lipinski definition) is 10. The maximum atomic E-state index is 10.7. The van der Waals surface area contributed by atoms with Crippen LogP contribution in [0.3, 0.4) is 0 Å². The number of nitrogens with one attached hydrogen (secondary N) is 3. The highest BCUT2D eigenvalue weighted by Gasteiger charge is 2.09. The Morgan fingerprint density at radius 3 is 2.62 bits per heavy atom. The van der Waals surface area contributed by atoms with Gasteiger partial charge >= 0.3 is 0 Å². The third-order valence-corrected chi connectivity index (χ3v) is 4.09. The number of aromatic nitrogens is 3. The molecule has 0 saturated carbocycles.